The smallest absolute Gasteiger partial charge is 0.255 e. The molecule has 2 amide bonds. The Kier molecular flexibility index (Phi) is 8.15. The maximum Gasteiger partial charge on any atom is 0.255 e. The molecule has 0 bridgehead atoms. The summed E-state index contributed by atoms with van der Waals surface area (Å²) in [6.45, 7) is 8.43. The van der Waals surface area contributed by atoms with Crippen LogP contribution in [0.3, 0.4) is 0 Å². The molecule has 7 heteroatoms. The summed E-state index contributed by atoms with van der Waals surface area (Å²) in [4.78, 5) is 34.7. The Hall–Kier alpha value is -4.52. The number of nitrogens with one attached hydrogen (secondary N) is 3. The second-order valence-corrected chi connectivity index (χ2v) is 11.7. The number of benzene rings is 3. The zero-order valence-corrected chi connectivity index (χ0v) is 24.1. The van der Waals surface area contributed by atoms with Gasteiger partial charge in [0.15, 0.2) is 0 Å². The largest absolute Gasteiger partial charge is 0.349 e. The zero-order valence-electron chi connectivity index (χ0n) is 24.1. The van der Waals surface area contributed by atoms with E-state index in [-0.39, 0.29) is 23.3 Å². The van der Waals surface area contributed by atoms with Gasteiger partial charge in [-0.3, -0.25) is 9.59 Å². The minimum atomic E-state index is -0.156. The van der Waals surface area contributed by atoms with Gasteiger partial charge < -0.3 is 16.0 Å². The van der Waals surface area contributed by atoms with Gasteiger partial charge in [-0.15, -0.1) is 0 Å². The Bertz CT molecular complexity index is 1530. The van der Waals surface area contributed by atoms with Crippen LogP contribution in [-0.4, -0.2) is 27.8 Å². The van der Waals surface area contributed by atoms with E-state index in [1.54, 1.807) is 6.20 Å². The molecule has 1 aliphatic carbocycles. The van der Waals surface area contributed by atoms with E-state index in [0.717, 1.165) is 41.0 Å². The fraction of sp³-hybridized carbons (Fsp3) is 0.294. The maximum absolute atomic E-state index is 13.0. The van der Waals surface area contributed by atoms with Crippen LogP contribution in [0.5, 0.6) is 0 Å². The minimum Gasteiger partial charge on any atom is -0.349 e. The molecule has 3 aromatic carbocycles. The monoisotopic (exact) mass is 547 g/mol. The van der Waals surface area contributed by atoms with E-state index >= 15 is 0 Å². The molecule has 1 fully saturated rings. The van der Waals surface area contributed by atoms with Crippen molar-refractivity contribution in [2.24, 2.45) is 0 Å². The lowest BCUT2D eigenvalue weighted by atomic mass is 9.86. The van der Waals surface area contributed by atoms with Crippen LogP contribution in [-0.2, 0) is 5.41 Å². The van der Waals surface area contributed by atoms with Crippen molar-refractivity contribution in [1.29, 1.82) is 0 Å². The van der Waals surface area contributed by atoms with Crippen LogP contribution >= 0.6 is 0 Å². The van der Waals surface area contributed by atoms with Gasteiger partial charge in [0.2, 0.25) is 5.95 Å². The van der Waals surface area contributed by atoms with E-state index in [1.807, 2.05) is 79.7 Å². The molecule has 0 radical (unpaired) electrons. The van der Waals surface area contributed by atoms with Crippen molar-refractivity contribution in [3.05, 3.63) is 101 Å². The average molecular weight is 548 g/mol. The molecule has 0 spiro atoms. The van der Waals surface area contributed by atoms with Gasteiger partial charge >= 0.3 is 0 Å². The summed E-state index contributed by atoms with van der Waals surface area (Å²) in [6, 6.07) is 23.0. The number of carbonyl (C=O) groups is 2. The van der Waals surface area contributed by atoms with Crippen molar-refractivity contribution in [1.82, 2.24) is 15.3 Å². The first-order valence-corrected chi connectivity index (χ1v) is 14.2. The molecule has 4 aromatic rings. The number of nitrogens with zero attached hydrogens (tertiary/aromatic N) is 2. The lowest BCUT2D eigenvalue weighted by Crippen LogP contribution is -2.32. The Balaban J connectivity index is 1.27. The van der Waals surface area contributed by atoms with Crippen LogP contribution in [0.25, 0.3) is 11.3 Å². The Morgan fingerprint density at radius 2 is 1.49 bits per heavy atom. The first-order valence-electron chi connectivity index (χ1n) is 14.2. The van der Waals surface area contributed by atoms with Gasteiger partial charge in [-0.05, 0) is 84.8 Å². The molecule has 5 rings (SSSR count). The molecule has 3 N–H and O–H groups in total. The first kappa shape index (κ1) is 28.0. The molecule has 41 heavy (non-hydrogen) atoms. The van der Waals surface area contributed by atoms with Gasteiger partial charge in [-0.2, -0.15) is 0 Å². The van der Waals surface area contributed by atoms with Gasteiger partial charge in [0.05, 0.1) is 5.69 Å². The molecule has 7 nitrogen and oxygen atoms in total. The van der Waals surface area contributed by atoms with Crippen LogP contribution in [0, 0.1) is 6.92 Å². The molecule has 1 heterocycles. The fourth-order valence-corrected chi connectivity index (χ4v) is 5.11. The summed E-state index contributed by atoms with van der Waals surface area (Å²) in [6.07, 6.45) is 6.17. The van der Waals surface area contributed by atoms with E-state index in [9.17, 15) is 9.59 Å². The highest BCUT2D eigenvalue weighted by atomic mass is 16.2. The Morgan fingerprint density at radius 1 is 0.829 bits per heavy atom. The second kappa shape index (κ2) is 11.9. The Labute approximate surface area is 241 Å². The van der Waals surface area contributed by atoms with Crippen LogP contribution < -0.4 is 16.0 Å². The highest BCUT2D eigenvalue weighted by molar-refractivity contribution is 6.05. The molecule has 1 saturated carbocycles. The third-order valence-electron chi connectivity index (χ3n) is 7.62. The van der Waals surface area contributed by atoms with E-state index in [2.05, 4.69) is 41.7 Å². The number of aromatic nitrogens is 2. The fourth-order valence-electron chi connectivity index (χ4n) is 5.11. The second-order valence-electron chi connectivity index (χ2n) is 11.7. The van der Waals surface area contributed by atoms with E-state index < -0.39 is 0 Å². The summed E-state index contributed by atoms with van der Waals surface area (Å²) in [5.41, 5.74) is 6.51. The average Bonchev–Trinajstić information content (AvgIpc) is 3.47. The molecule has 0 saturated heterocycles. The third-order valence-corrected chi connectivity index (χ3v) is 7.62. The van der Waals surface area contributed by atoms with Crippen molar-refractivity contribution in [3.63, 3.8) is 0 Å². The molecule has 0 atom stereocenters. The molecule has 210 valence electrons. The van der Waals surface area contributed by atoms with Crippen molar-refractivity contribution in [2.75, 3.05) is 10.6 Å². The summed E-state index contributed by atoms with van der Waals surface area (Å²) >= 11 is 0. The standard InChI is InChI=1S/C34H37N5O2/c1-22-28(10-7-11-29(22)38-32(41)23-12-16-25(17-13-23)34(2,3)4)30-20-21-35-33(39-30)37-27-18-14-24(15-19-27)31(40)36-26-8-5-6-9-26/h7,10-21,26H,5-6,8-9H2,1-4H3,(H,36,40)(H,38,41)(H,35,37,39). The van der Waals surface area contributed by atoms with Crippen LogP contribution in [0.4, 0.5) is 17.3 Å². The quantitative estimate of drug-likeness (QED) is 0.224. The van der Waals surface area contributed by atoms with Gasteiger partial charge in [0.1, 0.15) is 0 Å². The SMILES string of the molecule is Cc1c(NC(=O)c2ccc(C(C)(C)C)cc2)cccc1-c1ccnc(Nc2ccc(C(=O)NC3CCCC3)cc2)n1. The normalized spacial score (nSPS) is 13.6. The molecule has 1 aliphatic rings. The number of hydrogen-bond acceptors (Lipinski definition) is 5. The molecular formula is C34H37N5O2. The molecule has 1 aromatic heterocycles. The van der Waals surface area contributed by atoms with Crippen LogP contribution in [0.1, 0.15) is 78.3 Å². The number of hydrogen-bond donors (Lipinski definition) is 3. The number of anilines is 3. The number of rotatable bonds is 7. The van der Waals surface area contributed by atoms with Gasteiger partial charge in [0.25, 0.3) is 11.8 Å². The van der Waals surface area contributed by atoms with E-state index in [4.69, 9.17) is 4.98 Å². The lowest BCUT2D eigenvalue weighted by Gasteiger charge is -2.19. The molecule has 0 aliphatic heterocycles. The highest BCUT2D eigenvalue weighted by Crippen LogP contribution is 2.29. The summed E-state index contributed by atoms with van der Waals surface area (Å²) in [7, 11) is 0. The van der Waals surface area contributed by atoms with Gasteiger partial charge in [-0.25, -0.2) is 9.97 Å². The van der Waals surface area contributed by atoms with Gasteiger partial charge in [0, 0.05) is 40.3 Å². The Morgan fingerprint density at radius 3 is 2.17 bits per heavy atom. The first-order chi connectivity index (χ1) is 19.7. The number of amides is 2. The van der Waals surface area contributed by atoms with Crippen molar-refractivity contribution < 1.29 is 9.59 Å². The van der Waals surface area contributed by atoms with E-state index in [0.29, 0.717) is 17.1 Å². The zero-order chi connectivity index (χ0) is 29.0. The van der Waals surface area contributed by atoms with Crippen LogP contribution in [0.15, 0.2) is 79.0 Å². The lowest BCUT2D eigenvalue weighted by molar-refractivity contribution is 0.0937. The summed E-state index contributed by atoms with van der Waals surface area (Å²) in [5, 5.41) is 9.41. The summed E-state index contributed by atoms with van der Waals surface area (Å²) in [5.74, 6) is 0.251. The van der Waals surface area contributed by atoms with E-state index in [1.165, 1.54) is 18.4 Å². The van der Waals surface area contributed by atoms with Gasteiger partial charge in [-0.1, -0.05) is 57.9 Å². The third kappa shape index (κ3) is 6.80. The predicted molar refractivity (Wildman–Crippen MR) is 165 cm³/mol. The highest BCUT2D eigenvalue weighted by Gasteiger charge is 2.18. The topological polar surface area (TPSA) is 96.0 Å². The van der Waals surface area contributed by atoms with Crippen molar-refractivity contribution >= 4 is 29.1 Å². The molecular weight excluding hydrogens is 510 g/mol. The predicted octanol–water partition coefficient (Wildman–Crippen LogP) is 7.42. The van der Waals surface area contributed by atoms with Crippen LogP contribution in [0.2, 0.25) is 0 Å². The summed E-state index contributed by atoms with van der Waals surface area (Å²) < 4.78 is 0. The van der Waals surface area contributed by atoms with Crippen molar-refractivity contribution in [2.45, 2.75) is 64.8 Å². The number of carbonyl (C=O) groups excluding carboxylic acids is 2. The minimum absolute atomic E-state index is 0.0275. The van der Waals surface area contributed by atoms with Crippen molar-refractivity contribution in [3.8, 4) is 11.3 Å². The maximum atomic E-state index is 13.0. The molecule has 0 unspecified atom stereocenters.